The van der Waals surface area contributed by atoms with Crippen molar-refractivity contribution in [1.29, 1.82) is 0 Å². The van der Waals surface area contributed by atoms with Crippen LogP contribution in [0.25, 0.3) is 0 Å². The van der Waals surface area contributed by atoms with E-state index in [9.17, 15) is 9.82 Å². The minimum Gasteiger partial charge on any atom is -0.461 e. The number of fused-ring (bicyclic) bond motifs is 1. The minimum atomic E-state index is -0.937. The third-order valence-corrected chi connectivity index (χ3v) is 3.77. The average Bonchev–Trinajstić information content (AvgIpc) is 2.96. The molecule has 1 aliphatic rings. The molecule has 1 N–H and O–H groups in total. The number of esters is 1. The number of carbonyl (C=O) groups is 1. The summed E-state index contributed by atoms with van der Waals surface area (Å²) >= 11 is 0. The second-order valence-electron chi connectivity index (χ2n) is 6.18. The molecule has 0 bridgehead atoms. The second kappa shape index (κ2) is 7.63. The van der Waals surface area contributed by atoms with Crippen molar-refractivity contribution in [2.45, 2.75) is 26.9 Å². The van der Waals surface area contributed by atoms with Crippen LogP contribution in [0.3, 0.4) is 0 Å². The Morgan fingerprint density at radius 2 is 2.20 bits per heavy atom. The van der Waals surface area contributed by atoms with Gasteiger partial charge in [0.1, 0.15) is 5.75 Å². The number of aromatic nitrogens is 2. The number of nitrogens with zero attached hydrogens (tertiary/aromatic N) is 2. The molecule has 0 aliphatic carbocycles. The number of benzene rings is 1. The van der Waals surface area contributed by atoms with Gasteiger partial charge in [-0.15, -0.1) is 0 Å². The Kier molecular flexibility index (Phi) is 5.30. The smallest absolute Gasteiger partial charge is 0.461 e. The molecule has 0 saturated heterocycles. The van der Waals surface area contributed by atoms with Crippen LogP contribution in [-0.2, 0) is 16.0 Å². The standard InChI is InChI=1S/C17H19BN2O5/c1-11(2)5-6-23-17(21)15-8-20-16(9-19-15)25-13-4-3-12-10-24-18(22)14(12)7-13/h3-4,7-9,11,22H,5-6,10H2,1-2H3. The summed E-state index contributed by atoms with van der Waals surface area (Å²) in [5.41, 5.74) is 1.73. The first-order valence-corrected chi connectivity index (χ1v) is 8.12. The van der Waals surface area contributed by atoms with Gasteiger partial charge in [0.25, 0.3) is 0 Å². The molecule has 2 aromatic rings. The molecule has 0 spiro atoms. The van der Waals surface area contributed by atoms with Gasteiger partial charge >= 0.3 is 13.1 Å². The Morgan fingerprint density at radius 1 is 1.36 bits per heavy atom. The summed E-state index contributed by atoms with van der Waals surface area (Å²) in [6, 6.07) is 5.29. The molecule has 8 heteroatoms. The maximum Gasteiger partial charge on any atom is 0.491 e. The zero-order valence-corrected chi connectivity index (χ0v) is 14.1. The number of hydrogen-bond donors (Lipinski definition) is 1. The highest BCUT2D eigenvalue weighted by molar-refractivity contribution is 6.61. The Hall–Kier alpha value is -2.45. The maximum atomic E-state index is 11.9. The predicted molar refractivity (Wildman–Crippen MR) is 90.7 cm³/mol. The highest BCUT2D eigenvalue weighted by Gasteiger charge is 2.27. The average molecular weight is 342 g/mol. The van der Waals surface area contributed by atoms with Gasteiger partial charge in [0.15, 0.2) is 5.69 Å². The first kappa shape index (κ1) is 17.4. The van der Waals surface area contributed by atoms with Crippen LogP contribution in [0.2, 0.25) is 0 Å². The molecule has 1 aliphatic heterocycles. The van der Waals surface area contributed by atoms with Crippen LogP contribution in [-0.4, -0.2) is 34.7 Å². The Bertz CT molecular complexity index is 751. The lowest BCUT2D eigenvalue weighted by Crippen LogP contribution is -2.27. The van der Waals surface area contributed by atoms with Crippen LogP contribution in [0.1, 0.15) is 36.3 Å². The van der Waals surface area contributed by atoms with Crippen LogP contribution in [0.4, 0.5) is 0 Å². The highest BCUT2D eigenvalue weighted by Crippen LogP contribution is 2.21. The lowest BCUT2D eigenvalue weighted by Gasteiger charge is -2.08. The van der Waals surface area contributed by atoms with Gasteiger partial charge in [-0.25, -0.2) is 14.8 Å². The largest absolute Gasteiger partial charge is 0.491 e. The monoisotopic (exact) mass is 342 g/mol. The summed E-state index contributed by atoms with van der Waals surface area (Å²) in [6.45, 7) is 4.86. The van der Waals surface area contributed by atoms with E-state index in [4.69, 9.17) is 14.1 Å². The molecular formula is C17H19BN2O5. The number of hydrogen-bond acceptors (Lipinski definition) is 7. The molecule has 1 aromatic heterocycles. The Labute approximate surface area is 146 Å². The first-order valence-electron chi connectivity index (χ1n) is 8.12. The summed E-state index contributed by atoms with van der Waals surface area (Å²) in [5, 5.41) is 9.72. The van der Waals surface area contributed by atoms with E-state index in [0.717, 1.165) is 12.0 Å². The molecule has 0 unspecified atom stereocenters. The lowest BCUT2D eigenvalue weighted by molar-refractivity contribution is 0.0480. The fourth-order valence-corrected chi connectivity index (χ4v) is 2.31. The van der Waals surface area contributed by atoms with E-state index in [1.165, 1.54) is 12.4 Å². The van der Waals surface area contributed by atoms with Crippen LogP contribution in [0, 0.1) is 5.92 Å². The fourth-order valence-electron chi connectivity index (χ4n) is 2.31. The molecule has 1 aromatic carbocycles. The number of rotatable bonds is 6. The van der Waals surface area contributed by atoms with Gasteiger partial charge in [-0.05, 0) is 35.5 Å². The van der Waals surface area contributed by atoms with Crippen molar-refractivity contribution in [2.75, 3.05) is 6.61 Å². The molecule has 0 radical (unpaired) electrons. The zero-order valence-electron chi connectivity index (χ0n) is 14.1. The molecule has 0 amide bonds. The van der Waals surface area contributed by atoms with E-state index in [2.05, 4.69) is 23.8 Å². The van der Waals surface area contributed by atoms with E-state index in [0.29, 0.717) is 30.3 Å². The third-order valence-electron chi connectivity index (χ3n) is 3.77. The van der Waals surface area contributed by atoms with Gasteiger partial charge in [0, 0.05) is 0 Å². The van der Waals surface area contributed by atoms with Gasteiger partial charge in [0.05, 0.1) is 25.6 Å². The van der Waals surface area contributed by atoms with Crippen LogP contribution in [0.15, 0.2) is 30.6 Å². The van der Waals surface area contributed by atoms with Gasteiger partial charge < -0.3 is 19.2 Å². The summed E-state index contributed by atoms with van der Waals surface area (Å²) in [7, 11) is -0.937. The predicted octanol–water partition coefficient (Wildman–Crippen LogP) is 1.69. The van der Waals surface area contributed by atoms with Crippen LogP contribution in [0.5, 0.6) is 11.6 Å². The molecule has 0 fully saturated rings. The summed E-state index contributed by atoms with van der Waals surface area (Å²) in [6.07, 6.45) is 3.48. The molecular weight excluding hydrogens is 323 g/mol. The quantitative estimate of drug-likeness (QED) is 0.631. The van der Waals surface area contributed by atoms with Crippen molar-refractivity contribution >= 4 is 18.6 Å². The molecule has 0 saturated carbocycles. The number of carbonyl (C=O) groups excluding carboxylic acids is 1. The molecule has 25 heavy (non-hydrogen) atoms. The summed E-state index contributed by atoms with van der Waals surface area (Å²) < 4.78 is 15.9. The summed E-state index contributed by atoms with van der Waals surface area (Å²) in [4.78, 5) is 19.9. The van der Waals surface area contributed by atoms with Crippen molar-refractivity contribution in [3.8, 4) is 11.6 Å². The van der Waals surface area contributed by atoms with E-state index in [1.54, 1.807) is 12.1 Å². The Morgan fingerprint density at radius 3 is 2.92 bits per heavy atom. The first-order chi connectivity index (χ1) is 12.0. The van der Waals surface area contributed by atoms with Crippen molar-refractivity contribution in [1.82, 2.24) is 9.97 Å². The molecule has 7 nitrogen and oxygen atoms in total. The summed E-state index contributed by atoms with van der Waals surface area (Å²) in [5.74, 6) is 0.709. The topological polar surface area (TPSA) is 90.8 Å². The van der Waals surface area contributed by atoms with E-state index >= 15 is 0 Å². The fraction of sp³-hybridized carbons (Fsp3) is 0.353. The van der Waals surface area contributed by atoms with Crippen molar-refractivity contribution in [3.05, 3.63) is 41.9 Å². The van der Waals surface area contributed by atoms with Gasteiger partial charge in [-0.2, -0.15) is 0 Å². The molecule has 0 atom stereocenters. The van der Waals surface area contributed by atoms with Crippen molar-refractivity contribution in [3.63, 3.8) is 0 Å². The second-order valence-corrected chi connectivity index (χ2v) is 6.18. The normalized spacial score (nSPS) is 13.0. The zero-order chi connectivity index (χ0) is 17.8. The molecule has 2 heterocycles. The van der Waals surface area contributed by atoms with Crippen molar-refractivity contribution < 1.29 is 23.9 Å². The molecule has 130 valence electrons. The maximum absolute atomic E-state index is 11.9. The molecule has 3 rings (SSSR count). The minimum absolute atomic E-state index is 0.133. The van der Waals surface area contributed by atoms with E-state index < -0.39 is 13.1 Å². The van der Waals surface area contributed by atoms with E-state index in [1.807, 2.05) is 6.07 Å². The lowest BCUT2D eigenvalue weighted by atomic mass is 9.79. The third kappa shape index (κ3) is 4.34. The van der Waals surface area contributed by atoms with Gasteiger partial charge in [-0.1, -0.05) is 19.9 Å². The van der Waals surface area contributed by atoms with Crippen LogP contribution >= 0.6 is 0 Å². The Balaban J connectivity index is 1.61. The highest BCUT2D eigenvalue weighted by atomic mass is 16.5. The van der Waals surface area contributed by atoms with Crippen LogP contribution < -0.4 is 10.2 Å². The van der Waals surface area contributed by atoms with Gasteiger partial charge in [-0.3, -0.25) is 0 Å². The SMILES string of the molecule is CC(C)CCOC(=O)c1cnc(Oc2ccc3c(c2)B(O)OC3)cn1. The van der Waals surface area contributed by atoms with E-state index in [-0.39, 0.29) is 11.6 Å². The number of ether oxygens (including phenoxy) is 2. The van der Waals surface area contributed by atoms with Crippen molar-refractivity contribution in [2.24, 2.45) is 5.92 Å². The van der Waals surface area contributed by atoms with Gasteiger partial charge in [0.2, 0.25) is 5.88 Å².